The van der Waals surface area contributed by atoms with Crippen LogP contribution in [0.25, 0.3) is 0 Å². The highest BCUT2D eigenvalue weighted by Gasteiger charge is 2.27. The summed E-state index contributed by atoms with van der Waals surface area (Å²) in [7, 11) is 1.62. The Bertz CT molecular complexity index is 1100. The summed E-state index contributed by atoms with van der Waals surface area (Å²) >= 11 is 0. The first-order valence-electron chi connectivity index (χ1n) is 10.4. The molecule has 7 heteroatoms. The third kappa shape index (κ3) is 4.88. The van der Waals surface area contributed by atoms with Crippen molar-refractivity contribution in [3.8, 4) is 5.75 Å². The van der Waals surface area contributed by atoms with E-state index in [9.17, 15) is 14.0 Å². The molecule has 164 valence electrons. The molecule has 0 aliphatic carbocycles. The maximum Gasteiger partial charge on any atom is 0.324 e. The van der Waals surface area contributed by atoms with Crippen molar-refractivity contribution >= 4 is 23.3 Å². The van der Waals surface area contributed by atoms with Crippen LogP contribution in [0.5, 0.6) is 5.75 Å². The lowest BCUT2D eigenvalue weighted by Gasteiger charge is -2.36. The number of ether oxygens (including phenoxy) is 1. The van der Waals surface area contributed by atoms with Crippen molar-refractivity contribution in [1.29, 1.82) is 0 Å². The van der Waals surface area contributed by atoms with E-state index in [4.69, 9.17) is 4.74 Å². The van der Waals surface area contributed by atoms with Crippen molar-refractivity contribution in [2.75, 3.05) is 30.4 Å². The number of amides is 3. The van der Waals surface area contributed by atoms with Gasteiger partial charge in [-0.1, -0.05) is 18.2 Å². The van der Waals surface area contributed by atoms with Crippen molar-refractivity contribution in [2.45, 2.75) is 13.0 Å². The Balaban J connectivity index is 1.46. The van der Waals surface area contributed by atoms with Gasteiger partial charge in [-0.2, -0.15) is 0 Å². The summed E-state index contributed by atoms with van der Waals surface area (Å²) in [6.07, 6.45) is 0.841. The van der Waals surface area contributed by atoms with Crippen LogP contribution in [-0.4, -0.2) is 37.0 Å². The van der Waals surface area contributed by atoms with Crippen LogP contribution in [0.15, 0.2) is 72.8 Å². The Hall–Kier alpha value is -3.87. The number of benzene rings is 3. The van der Waals surface area contributed by atoms with Gasteiger partial charge in [0.05, 0.1) is 7.11 Å². The zero-order valence-electron chi connectivity index (χ0n) is 17.8. The van der Waals surface area contributed by atoms with E-state index >= 15 is 0 Å². The Morgan fingerprint density at radius 2 is 1.78 bits per heavy atom. The summed E-state index contributed by atoms with van der Waals surface area (Å²) in [5, 5.41) is 2.81. The van der Waals surface area contributed by atoms with Crippen LogP contribution in [0.4, 0.5) is 20.6 Å². The van der Waals surface area contributed by atoms with Gasteiger partial charge in [-0.05, 0) is 66.6 Å². The first kappa shape index (κ1) is 21.4. The molecule has 0 atom stereocenters. The van der Waals surface area contributed by atoms with Crippen molar-refractivity contribution in [2.24, 2.45) is 0 Å². The molecule has 6 nitrogen and oxygen atoms in total. The van der Waals surface area contributed by atoms with Crippen LogP contribution in [-0.2, 0) is 6.54 Å². The number of nitrogens with zero attached hydrogens (tertiary/aromatic N) is 2. The fraction of sp³-hybridized carbons (Fsp3) is 0.200. The normalized spacial score (nSPS) is 13.8. The fourth-order valence-corrected chi connectivity index (χ4v) is 3.68. The summed E-state index contributed by atoms with van der Waals surface area (Å²) in [5.74, 6) is 0.0412. The van der Waals surface area contributed by atoms with E-state index in [1.165, 1.54) is 24.3 Å². The van der Waals surface area contributed by atoms with Gasteiger partial charge in [0.15, 0.2) is 0 Å². The van der Waals surface area contributed by atoms with E-state index in [1.54, 1.807) is 30.2 Å². The number of nitrogens with one attached hydrogen (secondary N) is 1. The molecule has 32 heavy (non-hydrogen) atoms. The van der Waals surface area contributed by atoms with Crippen LogP contribution in [0.2, 0.25) is 0 Å². The minimum atomic E-state index is -0.397. The highest BCUT2D eigenvalue weighted by Crippen LogP contribution is 2.25. The number of rotatable bonds is 6. The minimum Gasteiger partial charge on any atom is -0.497 e. The quantitative estimate of drug-likeness (QED) is 0.600. The van der Waals surface area contributed by atoms with Crippen molar-refractivity contribution in [3.05, 3.63) is 89.7 Å². The Kier molecular flexibility index (Phi) is 6.35. The van der Waals surface area contributed by atoms with E-state index in [0.717, 1.165) is 17.7 Å². The molecule has 0 unspecified atom stereocenters. The Morgan fingerprint density at radius 3 is 2.50 bits per heavy atom. The van der Waals surface area contributed by atoms with E-state index in [0.29, 0.717) is 36.6 Å². The summed E-state index contributed by atoms with van der Waals surface area (Å²) in [4.78, 5) is 29.1. The van der Waals surface area contributed by atoms with E-state index < -0.39 is 5.82 Å². The second kappa shape index (κ2) is 9.51. The number of urea groups is 1. The standard InChI is InChI=1S/C25H24FN3O3/c1-32-23-12-6-18(7-13-23)17-28-14-3-15-29(25(28)31)22-5-2-4-21(16-22)27-24(30)19-8-10-20(26)11-9-19/h2,4-13,16H,3,14-15,17H2,1H3,(H,27,30). The highest BCUT2D eigenvalue weighted by atomic mass is 19.1. The molecule has 0 aromatic heterocycles. The van der Waals surface area contributed by atoms with Gasteiger partial charge in [0.2, 0.25) is 0 Å². The lowest BCUT2D eigenvalue weighted by atomic mass is 10.1. The van der Waals surface area contributed by atoms with Crippen LogP contribution in [0.1, 0.15) is 22.3 Å². The molecule has 1 fully saturated rings. The molecule has 4 rings (SSSR count). The van der Waals surface area contributed by atoms with Gasteiger partial charge in [0.25, 0.3) is 5.91 Å². The monoisotopic (exact) mass is 433 g/mol. The number of hydrogen-bond acceptors (Lipinski definition) is 3. The van der Waals surface area contributed by atoms with Gasteiger partial charge in [0, 0.05) is 36.6 Å². The summed E-state index contributed by atoms with van der Waals surface area (Å²) in [5.41, 5.74) is 2.67. The second-order valence-electron chi connectivity index (χ2n) is 7.57. The van der Waals surface area contributed by atoms with Crippen molar-refractivity contribution in [1.82, 2.24) is 4.90 Å². The van der Waals surface area contributed by atoms with E-state index in [-0.39, 0.29) is 11.9 Å². The average molecular weight is 433 g/mol. The molecule has 0 bridgehead atoms. The Morgan fingerprint density at radius 1 is 1.03 bits per heavy atom. The first-order valence-corrected chi connectivity index (χ1v) is 10.4. The van der Waals surface area contributed by atoms with Gasteiger partial charge < -0.3 is 15.0 Å². The third-order valence-corrected chi connectivity index (χ3v) is 5.37. The van der Waals surface area contributed by atoms with Crippen LogP contribution < -0.4 is 15.0 Å². The van der Waals surface area contributed by atoms with E-state index in [1.807, 2.05) is 35.2 Å². The van der Waals surface area contributed by atoms with Gasteiger partial charge >= 0.3 is 6.03 Å². The zero-order valence-corrected chi connectivity index (χ0v) is 17.8. The number of methoxy groups -OCH3 is 1. The van der Waals surface area contributed by atoms with E-state index in [2.05, 4.69) is 5.32 Å². The lowest BCUT2D eigenvalue weighted by Crippen LogP contribution is -2.49. The number of carbonyl (C=O) groups is 2. The Labute approximate surface area is 186 Å². The maximum atomic E-state index is 13.1. The number of hydrogen-bond donors (Lipinski definition) is 1. The smallest absolute Gasteiger partial charge is 0.324 e. The van der Waals surface area contributed by atoms with Gasteiger partial charge in [-0.3, -0.25) is 9.69 Å². The van der Waals surface area contributed by atoms with Crippen LogP contribution in [0, 0.1) is 5.82 Å². The van der Waals surface area contributed by atoms with Crippen molar-refractivity contribution in [3.63, 3.8) is 0 Å². The van der Waals surface area contributed by atoms with Crippen molar-refractivity contribution < 1.29 is 18.7 Å². The summed E-state index contributed by atoms with van der Waals surface area (Å²) in [6, 6.07) is 20.1. The van der Waals surface area contributed by atoms with Crippen LogP contribution in [0.3, 0.4) is 0 Å². The summed E-state index contributed by atoms with van der Waals surface area (Å²) in [6.45, 7) is 1.80. The molecule has 0 saturated carbocycles. The van der Waals surface area contributed by atoms with Gasteiger partial charge in [-0.25, -0.2) is 9.18 Å². The molecule has 3 aromatic rings. The minimum absolute atomic E-state index is 0.0749. The van der Waals surface area contributed by atoms with Crippen LogP contribution >= 0.6 is 0 Å². The zero-order chi connectivity index (χ0) is 22.5. The molecular formula is C25H24FN3O3. The van der Waals surface area contributed by atoms with Gasteiger partial charge in [-0.15, -0.1) is 0 Å². The molecule has 1 aliphatic rings. The van der Waals surface area contributed by atoms with Gasteiger partial charge in [0.1, 0.15) is 11.6 Å². The molecule has 1 aliphatic heterocycles. The predicted molar refractivity (Wildman–Crippen MR) is 122 cm³/mol. The molecule has 0 spiro atoms. The highest BCUT2D eigenvalue weighted by molar-refractivity contribution is 6.04. The number of carbonyl (C=O) groups excluding carboxylic acids is 2. The number of halogens is 1. The number of anilines is 2. The largest absolute Gasteiger partial charge is 0.497 e. The molecule has 1 saturated heterocycles. The first-order chi connectivity index (χ1) is 15.5. The summed E-state index contributed by atoms with van der Waals surface area (Å²) < 4.78 is 18.3. The molecular weight excluding hydrogens is 409 g/mol. The molecule has 1 N–H and O–H groups in total. The maximum absolute atomic E-state index is 13.1. The molecule has 1 heterocycles. The lowest BCUT2D eigenvalue weighted by molar-refractivity contribution is 0.102. The SMILES string of the molecule is COc1ccc(CN2CCCN(c3cccc(NC(=O)c4ccc(F)cc4)c3)C2=O)cc1. The topological polar surface area (TPSA) is 61.9 Å². The molecule has 3 aromatic carbocycles. The fourth-order valence-electron chi connectivity index (χ4n) is 3.68. The average Bonchev–Trinajstić information content (AvgIpc) is 2.81. The third-order valence-electron chi connectivity index (χ3n) is 5.37. The molecule has 0 radical (unpaired) electrons. The molecule has 3 amide bonds. The predicted octanol–water partition coefficient (Wildman–Crippen LogP) is 4.92. The second-order valence-corrected chi connectivity index (χ2v) is 7.57.